The van der Waals surface area contributed by atoms with Gasteiger partial charge in [0.05, 0.1) is 18.8 Å². The van der Waals surface area contributed by atoms with E-state index in [1.165, 1.54) is 0 Å². The van der Waals surface area contributed by atoms with Crippen LogP contribution in [0.1, 0.15) is 32.6 Å². The third-order valence-corrected chi connectivity index (χ3v) is 3.02. The molecule has 1 aliphatic rings. The fraction of sp³-hybridized carbons (Fsp3) is 1.00. The van der Waals surface area contributed by atoms with E-state index in [-0.39, 0.29) is 6.10 Å². The Morgan fingerprint density at radius 3 is 2.43 bits per heavy atom. The molecule has 1 atom stereocenters. The summed E-state index contributed by atoms with van der Waals surface area (Å²) in [6.07, 6.45) is 4.94. The molecule has 1 fully saturated rings. The Balaban J connectivity index is 2.10. The zero-order valence-corrected chi connectivity index (χ0v) is 9.24. The van der Waals surface area contributed by atoms with Crippen LogP contribution in [0.3, 0.4) is 0 Å². The van der Waals surface area contributed by atoms with E-state index < -0.39 is 0 Å². The molecule has 0 radical (unpaired) electrons. The molecule has 84 valence electrons. The fourth-order valence-corrected chi connectivity index (χ4v) is 1.82. The number of hydrogen-bond acceptors (Lipinski definition) is 3. The molecule has 1 saturated carbocycles. The summed E-state index contributed by atoms with van der Waals surface area (Å²) in [5.74, 6) is 0.509. The molecule has 0 aromatic rings. The summed E-state index contributed by atoms with van der Waals surface area (Å²) < 4.78 is 10.8. The number of aliphatic hydroxyl groups is 1. The van der Waals surface area contributed by atoms with Crippen LogP contribution in [-0.4, -0.2) is 37.6 Å². The van der Waals surface area contributed by atoms with Crippen LogP contribution in [0.2, 0.25) is 0 Å². The summed E-state index contributed by atoms with van der Waals surface area (Å²) in [5.41, 5.74) is 0. The van der Waals surface area contributed by atoms with Crippen molar-refractivity contribution in [3.05, 3.63) is 0 Å². The van der Waals surface area contributed by atoms with E-state index in [1.54, 1.807) is 7.11 Å². The van der Waals surface area contributed by atoms with Crippen LogP contribution >= 0.6 is 0 Å². The monoisotopic (exact) mass is 202 g/mol. The van der Waals surface area contributed by atoms with Crippen molar-refractivity contribution >= 4 is 0 Å². The molecule has 0 aromatic heterocycles. The van der Waals surface area contributed by atoms with Gasteiger partial charge in [0, 0.05) is 13.7 Å². The van der Waals surface area contributed by atoms with E-state index in [1.807, 2.05) is 6.92 Å². The third kappa shape index (κ3) is 3.95. The minimum Gasteiger partial charge on any atom is -0.396 e. The van der Waals surface area contributed by atoms with Gasteiger partial charge in [0.25, 0.3) is 0 Å². The number of hydrogen-bond donors (Lipinski definition) is 1. The highest BCUT2D eigenvalue weighted by Crippen LogP contribution is 2.25. The lowest BCUT2D eigenvalue weighted by atomic mass is 9.88. The summed E-state index contributed by atoms with van der Waals surface area (Å²) >= 11 is 0. The summed E-state index contributed by atoms with van der Waals surface area (Å²) in [6.45, 7) is 3.03. The summed E-state index contributed by atoms with van der Waals surface area (Å²) in [6, 6.07) is 0. The zero-order valence-electron chi connectivity index (χ0n) is 9.24. The van der Waals surface area contributed by atoms with Crippen molar-refractivity contribution in [1.82, 2.24) is 0 Å². The molecule has 0 bridgehead atoms. The van der Waals surface area contributed by atoms with Crippen molar-refractivity contribution in [3.8, 4) is 0 Å². The van der Waals surface area contributed by atoms with Gasteiger partial charge < -0.3 is 14.6 Å². The average molecular weight is 202 g/mol. The average Bonchev–Trinajstić information content (AvgIpc) is 2.26. The predicted molar refractivity (Wildman–Crippen MR) is 55.3 cm³/mol. The summed E-state index contributed by atoms with van der Waals surface area (Å²) in [7, 11) is 1.71. The van der Waals surface area contributed by atoms with Gasteiger partial charge in [-0.1, -0.05) is 0 Å². The van der Waals surface area contributed by atoms with Gasteiger partial charge in [-0.3, -0.25) is 0 Å². The standard InChI is InChI=1S/C11H22O3/c1-9(13-2)8-14-11-5-3-10(7-12)4-6-11/h9-12H,3-8H2,1-2H3. The van der Waals surface area contributed by atoms with E-state index in [4.69, 9.17) is 14.6 Å². The predicted octanol–water partition coefficient (Wildman–Crippen LogP) is 1.59. The first-order chi connectivity index (χ1) is 6.76. The van der Waals surface area contributed by atoms with Gasteiger partial charge in [-0.2, -0.15) is 0 Å². The number of methoxy groups -OCH3 is 1. The van der Waals surface area contributed by atoms with Gasteiger partial charge >= 0.3 is 0 Å². The zero-order chi connectivity index (χ0) is 10.4. The van der Waals surface area contributed by atoms with E-state index in [0.29, 0.717) is 25.2 Å². The van der Waals surface area contributed by atoms with Crippen LogP contribution in [0.4, 0.5) is 0 Å². The van der Waals surface area contributed by atoms with Crippen molar-refractivity contribution in [2.24, 2.45) is 5.92 Å². The van der Waals surface area contributed by atoms with E-state index >= 15 is 0 Å². The first kappa shape index (κ1) is 12.0. The Hall–Kier alpha value is -0.120. The van der Waals surface area contributed by atoms with E-state index in [9.17, 15) is 0 Å². The molecule has 0 saturated heterocycles. The lowest BCUT2D eigenvalue weighted by Gasteiger charge is -2.28. The minimum atomic E-state index is 0.186. The van der Waals surface area contributed by atoms with Crippen molar-refractivity contribution in [2.75, 3.05) is 20.3 Å². The second kappa shape index (κ2) is 6.38. The molecule has 14 heavy (non-hydrogen) atoms. The lowest BCUT2D eigenvalue weighted by Crippen LogP contribution is -2.26. The third-order valence-electron chi connectivity index (χ3n) is 3.02. The molecule has 0 aliphatic heterocycles. The van der Waals surface area contributed by atoms with Crippen LogP contribution in [0.5, 0.6) is 0 Å². The second-order valence-electron chi connectivity index (χ2n) is 4.20. The SMILES string of the molecule is COC(C)COC1CCC(CO)CC1. The van der Waals surface area contributed by atoms with Crippen LogP contribution in [0, 0.1) is 5.92 Å². The van der Waals surface area contributed by atoms with Gasteiger partial charge in [-0.05, 0) is 38.5 Å². The molecule has 3 heteroatoms. The minimum absolute atomic E-state index is 0.186. The summed E-state index contributed by atoms with van der Waals surface area (Å²) in [4.78, 5) is 0. The Bertz CT molecular complexity index is 141. The van der Waals surface area contributed by atoms with Gasteiger partial charge in [0.1, 0.15) is 0 Å². The van der Waals surface area contributed by atoms with Crippen molar-refractivity contribution < 1.29 is 14.6 Å². The Morgan fingerprint density at radius 1 is 1.29 bits per heavy atom. The summed E-state index contributed by atoms with van der Waals surface area (Å²) in [5, 5.41) is 8.97. The largest absolute Gasteiger partial charge is 0.396 e. The lowest BCUT2D eigenvalue weighted by molar-refractivity contribution is -0.0396. The highest BCUT2D eigenvalue weighted by atomic mass is 16.5. The number of aliphatic hydroxyl groups excluding tert-OH is 1. The molecule has 0 heterocycles. The van der Waals surface area contributed by atoms with Crippen LogP contribution in [0.25, 0.3) is 0 Å². The van der Waals surface area contributed by atoms with Crippen LogP contribution in [0.15, 0.2) is 0 Å². The van der Waals surface area contributed by atoms with Crippen LogP contribution in [-0.2, 0) is 9.47 Å². The molecule has 3 nitrogen and oxygen atoms in total. The quantitative estimate of drug-likeness (QED) is 0.735. The number of rotatable bonds is 5. The Morgan fingerprint density at radius 2 is 1.93 bits per heavy atom. The fourth-order valence-electron chi connectivity index (χ4n) is 1.82. The van der Waals surface area contributed by atoms with Gasteiger partial charge in [0.15, 0.2) is 0 Å². The number of ether oxygens (including phenoxy) is 2. The van der Waals surface area contributed by atoms with E-state index in [2.05, 4.69) is 0 Å². The maximum Gasteiger partial charge on any atom is 0.0776 e. The Labute approximate surface area is 86.4 Å². The van der Waals surface area contributed by atoms with Crippen molar-refractivity contribution in [1.29, 1.82) is 0 Å². The maximum atomic E-state index is 8.97. The van der Waals surface area contributed by atoms with Crippen molar-refractivity contribution in [2.45, 2.75) is 44.8 Å². The molecular formula is C11H22O3. The van der Waals surface area contributed by atoms with Gasteiger partial charge in [0.2, 0.25) is 0 Å². The topological polar surface area (TPSA) is 38.7 Å². The molecule has 0 aromatic carbocycles. The highest BCUT2D eigenvalue weighted by Gasteiger charge is 2.21. The smallest absolute Gasteiger partial charge is 0.0776 e. The normalized spacial score (nSPS) is 30.2. The molecule has 0 spiro atoms. The molecule has 1 aliphatic carbocycles. The van der Waals surface area contributed by atoms with Crippen molar-refractivity contribution in [3.63, 3.8) is 0 Å². The molecule has 1 unspecified atom stereocenters. The molecule has 1 rings (SSSR count). The second-order valence-corrected chi connectivity index (χ2v) is 4.20. The first-order valence-electron chi connectivity index (χ1n) is 5.51. The maximum absolute atomic E-state index is 8.97. The van der Waals surface area contributed by atoms with E-state index in [0.717, 1.165) is 25.7 Å². The highest BCUT2D eigenvalue weighted by molar-refractivity contribution is 4.72. The molecule has 1 N–H and O–H groups in total. The Kier molecular flexibility index (Phi) is 5.45. The molecule has 0 amide bonds. The van der Waals surface area contributed by atoms with Gasteiger partial charge in [-0.15, -0.1) is 0 Å². The molecular weight excluding hydrogens is 180 g/mol. The van der Waals surface area contributed by atoms with Gasteiger partial charge in [-0.25, -0.2) is 0 Å². The first-order valence-corrected chi connectivity index (χ1v) is 5.51. The van der Waals surface area contributed by atoms with Crippen LogP contribution < -0.4 is 0 Å².